The fraction of sp³-hybridized carbons (Fsp3) is 0.300. The molecule has 0 bridgehead atoms. The van der Waals surface area contributed by atoms with Gasteiger partial charge in [-0.25, -0.2) is 0 Å². The van der Waals surface area contributed by atoms with Crippen LogP contribution in [0.5, 0.6) is 0 Å². The third kappa shape index (κ3) is 3.76. The van der Waals surface area contributed by atoms with Crippen LogP contribution in [-0.4, -0.2) is 22.1 Å². The molecular formula is C20H24OSi. The molecule has 22 heavy (non-hydrogen) atoms. The summed E-state index contributed by atoms with van der Waals surface area (Å²) in [6, 6.07) is 21.5. The molecule has 0 saturated carbocycles. The molecule has 1 nitrogen and oxygen atoms in total. The minimum atomic E-state index is 0.0278. The van der Waals surface area contributed by atoms with Crippen molar-refractivity contribution in [3.05, 3.63) is 83.9 Å². The van der Waals surface area contributed by atoms with E-state index in [4.69, 9.17) is 4.74 Å². The fourth-order valence-electron chi connectivity index (χ4n) is 3.12. The van der Waals surface area contributed by atoms with Gasteiger partial charge < -0.3 is 4.74 Å². The first-order valence-electron chi connectivity index (χ1n) is 8.20. The zero-order chi connectivity index (χ0) is 15.3. The standard InChI is InChI=1S/C20H24OSi/c22-20(14-7-8-16-21-20)15-13-19(17-9-3-1-4-10-17)18-11-5-2-6-12-18/h1-6,9-13,15,19H,7-8,14,16H2,22H3. The number of hydrogen-bond acceptors (Lipinski definition) is 1. The van der Waals surface area contributed by atoms with Crippen LogP contribution in [0, 0.1) is 0 Å². The van der Waals surface area contributed by atoms with Gasteiger partial charge in [-0.05, 0) is 30.4 Å². The average Bonchev–Trinajstić information content (AvgIpc) is 2.58. The highest BCUT2D eigenvalue weighted by atomic mass is 28.1. The maximum atomic E-state index is 6.06. The van der Waals surface area contributed by atoms with Crippen molar-refractivity contribution in [2.24, 2.45) is 0 Å². The second-order valence-electron chi connectivity index (χ2n) is 6.28. The van der Waals surface area contributed by atoms with Gasteiger partial charge in [-0.15, -0.1) is 0 Å². The molecular weight excluding hydrogens is 284 g/mol. The van der Waals surface area contributed by atoms with Gasteiger partial charge in [-0.1, -0.05) is 72.8 Å². The molecule has 0 aromatic heterocycles. The van der Waals surface area contributed by atoms with E-state index in [0.29, 0.717) is 5.92 Å². The van der Waals surface area contributed by atoms with Crippen molar-refractivity contribution in [1.82, 2.24) is 0 Å². The van der Waals surface area contributed by atoms with Crippen LogP contribution in [0.2, 0.25) is 0 Å². The summed E-state index contributed by atoms with van der Waals surface area (Å²) in [6.45, 7) is 0.912. The minimum absolute atomic E-state index is 0.0278. The van der Waals surface area contributed by atoms with Gasteiger partial charge in [0, 0.05) is 22.8 Å². The van der Waals surface area contributed by atoms with Gasteiger partial charge in [0.15, 0.2) is 0 Å². The smallest absolute Gasteiger partial charge is 0.0656 e. The highest BCUT2D eigenvalue weighted by Crippen LogP contribution is 2.29. The Balaban J connectivity index is 1.89. The van der Waals surface area contributed by atoms with E-state index in [1.807, 2.05) is 0 Å². The van der Waals surface area contributed by atoms with Gasteiger partial charge in [0.05, 0.1) is 5.22 Å². The summed E-state index contributed by atoms with van der Waals surface area (Å²) in [5, 5.41) is 0.0278. The molecule has 0 spiro atoms. The highest BCUT2D eigenvalue weighted by Gasteiger charge is 2.25. The molecule has 1 atom stereocenters. The van der Waals surface area contributed by atoms with Gasteiger partial charge in [0.2, 0.25) is 0 Å². The molecule has 1 unspecified atom stereocenters. The molecule has 1 saturated heterocycles. The lowest BCUT2D eigenvalue weighted by Gasteiger charge is -2.31. The van der Waals surface area contributed by atoms with Crippen molar-refractivity contribution in [2.45, 2.75) is 30.4 Å². The van der Waals surface area contributed by atoms with E-state index in [2.05, 4.69) is 72.8 Å². The zero-order valence-electron chi connectivity index (χ0n) is 13.2. The zero-order valence-corrected chi connectivity index (χ0v) is 15.2. The van der Waals surface area contributed by atoms with Crippen molar-refractivity contribution in [2.75, 3.05) is 6.61 Å². The summed E-state index contributed by atoms with van der Waals surface area (Å²) in [5.74, 6) is 0.304. The number of rotatable bonds is 4. The van der Waals surface area contributed by atoms with Crippen LogP contribution in [0.15, 0.2) is 72.8 Å². The molecule has 0 aliphatic carbocycles. The molecule has 0 amide bonds. The fourth-order valence-corrected chi connectivity index (χ4v) is 3.87. The molecule has 1 heterocycles. The Labute approximate surface area is 136 Å². The third-order valence-corrected chi connectivity index (χ3v) is 5.58. The van der Waals surface area contributed by atoms with Gasteiger partial charge in [0.1, 0.15) is 0 Å². The molecule has 0 radical (unpaired) electrons. The second-order valence-corrected chi connectivity index (χ2v) is 7.97. The predicted molar refractivity (Wildman–Crippen MR) is 96.3 cm³/mol. The molecule has 2 heteroatoms. The summed E-state index contributed by atoms with van der Waals surface area (Å²) in [7, 11) is 1.05. The molecule has 1 aliphatic heterocycles. The van der Waals surface area contributed by atoms with Crippen LogP contribution >= 0.6 is 0 Å². The Morgan fingerprint density at radius 1 is 0.909 bits per heavy atom. The summed E-state index contributed by atoms with van der Waals surface area (Å²) < 4.78 is 6.06. The summed E-state index contributed by atoms with van der Waals surface area (Å²) >= 11 is 0. The van der Waals surface area contributed by atoms with E-state index < -0.39 is 0 Å². The van der Waals surface area contributed by atoms with Crippen LogP contribution in [-0.2, 0) is 4.74 Å². The molecule has 2 aromatic rings. The normalized spacial score (nSPS) is 22.4. The Morgan fingerprint density at radius 2 is 1.50 bits per heavy atom. The van der Waals surface area contributed by atoms with Crippen molar-refractivity contribution >= 4 is 10.2 Å². The maximum Gasteiger partial charge on any atom is 0.0656 e. The number of allylic oxidation sites excluding steroid dienone is 1. The Hall–Kier alpha value is -1.64. The van der Waals surface area contributed by atoms with E-state index in [9.17, 15) is 0 Å². The van der Waals surface area contributed by atoms with Crippen LogP contribution in [0.1, 0.15) is 36.3 Å². The predicted octanol–water partition coefficient (Wildman–Crippen LogP) is 3.64. The van der Waals surface area contributed by atoms with E-state index in [1.165, 1.54) is 30.4 Å². The lowest BCUT2D eigenvalue weighted by molar-refractivity contribution is 0.0152. The van der Waals surface area contributed by atoms with Crippen LogP contribution in [0.4, 0.5) is 0 Å². The molecule has 1 fully saturated rings. The lowest BCUT2D eigenvalue weighted by Crippen LogP contribution is -2.34. The topological polar surface area (TPSA) is 9.23 Å². The van der Waals surface area contributed by atoms with E-state index in [-0.39, 0.29) is 5.22 Å². The van der Waals surface area contributed by atoms with E-state index >= 15 is 0 Å². The Morgan fingerprint density at radius 3 is 2.00 bits per heavy atom. The van der Waals surface area contributed by atoms with Crippen molar-refractivity contribution in [1.29, 1.82) is 0 Å². The van der Waals surface area contributed by atoms with Gasteiger partial charge >= 0.3 is 0 Å². The molecule has 0 N–H and O–H groups in total. The van der Waals surface area contributed by atoms with E-state index in [1.54, 1.807) is 0 Å². The SMILES string of the molecule is [SiH3]C1(C=CC(c2ccccc2)c2ccccc2)CCCCO1. The monoisotopic (exact) mass is 308 g/mol. The third-order valence-electron chi connectivity index (χ3n) is 4.46. The van der Waals surface area contributed by atoms with Crippen molar-refractivity contribution in [3.8, 4) is 0 Å². The Bertz CT molecular complexity index is 561. The first-order valence-corrected chi connectivity index (χ1v) is 9.20. The molecule has 1 aliphatic rings. The molecule has 3 rings (SSSR count). The Kier molecular flexibility index (Phi) is 4.91. The minimum Gasteiger partial charge on any atom is -0.376 e. The first-order chi connectivity index (χ1) is 10.8. The van der Waals surface area contributed by atoms with E-state index in [0.717, 1.165) is 16.8 Å². The van der Waals surface area contributed by atoms with Crippen molar-refractivity contribution < 1.29 is 4.74 Å². The second kappa shape index (κ2) is 7.08. The lowest BCUT2D eigenvalue weighted by atomic mass is 9.90. The maximum absolute atomic E-state index is 6.06. The number of benzene rings is 2. The molecule has 114 valence electrons. The quantitative estimate of drug-likeness (QED) is 0.619. The molecule has 2 aromatic carbocycles. The van der Waals surface area contributed by atoms with Gasteiger partial charge in [-0.3, -0.25) is 0 Å². The largest absolute Gasteiger partial charge is 0.376 e. The van der Waals surface area contributed by atoms with Gasteiger partial charge in [-0.2, -0.15) is 0 Å². The summed E-state index contributed by atoms with van der Waals surface area (Å²) in [5.41, 5.74) is 2.68. The van der Waals surface area contributed by atoms with Crippen molar-refractivity contribution in [3.63, 3.8) is 0 Å². The van der Waals surface area contributed by atoms with Crippen LogP contribution in [0.25, 0.3) is 0 Å². The number of hydrogen-bond donors (Lipinski definition) is 0. The van der Waals surface area contributed by atoms with Crippen LogP contribution < -0.4 is 0 Å². The summed E-state index contributed by atoms with van der Waals surface area (Å²) in [6.07, 6.45) is 8.35. The summed E-state index contributed by atoms with van der Waals surface area (Å²) in [4.78, 5) is 0. The van der Waals surface area contributed by atoms with Crippen LogP contribution in [0.3, 0.4) is 0 Å². The van der Waals surface area contributed by atoms with Gasteiger partial charge in [0.25, 0.3) is 0 Å². The number of ether oxygens (including phenoxy) is 1. The highest BCUT2D eigenvalue weighted by molar-refractivity contribution is 6.16. The first kappa shape index (κ1) is 15.3. The average molecular weight is 308 g/mol.